The van der Waals surface area contributed by atoms with Crippen LogP contribution in [0.2, 0.25) is 0 Å². The van der Waals surface area contributed by atoms with Gasteiger partial charge in [0.2, 0.25) is 5.91 Å². The van der Waals surface area contributed by atoms with Crippen molar-refractivity contribution < 1.29 is 27.5 Å². The highest BCUT2D eigenvalue weighted by Gasteiger charge is 2.32. The zero-order valence-corrected chi connectivity index (χ0v) is 17.5. The Bertz CT molecular complexity index is 931. The molecule has 2 aliphatic heterocycles. The van der Waals surface area contributed by atoms with Crippen molar-refractivity contribution in [2.24, 2.45) is 0 Å². The van der Waals surface area contributed by atoms with Gasteiger partial charge >= 0.3 is 6.18 Å². The van der Waals surface area contributed by atoms with Gasteiger partial charge in [-0.1, -0.05) is 12.1 Å². The largest absolute Gasteiger partial charge is 0.416 e. The Balaban J connectivity index is 1.31. The summed E-state index contributed by atoms with van der Waals surface area (Å²) >= 11 is 1.29. The van der Waals surface area contributed by atoms with Gasteiger partial charge in [-0.25, -0.2) is 4.98 Å². The number of ether oxygens (including phenoxy) is 1. The molecular formula is C21H22F3N3O3S. The monoisotopic (exact) mass is 453 g/mol. The van der Waals surface area contributed by atoms with Crippen molar-refractivity contribution in [3.63, 3.8) is 0 Å². The molecular weight excluding hydrogens is 431 g/mol. The van der Waals surface area contributed by atoms with Crippen molar-refractivity contribution in [2.75, 3.05) is 32.8 Å². The minimum Gasteiger partial charge on any atom is -0.368 e. The molecule has 2 amide bonds. The lowest BCUT2D eigenvalue weighted by Gasteiger charge is -2.35. The lowest BCUT2D eigenvalue weighted by atomic mass is 10.1. The number of halogens is 3. The summed E-state index contributed by atoms with van der Waals surface area (Å²) in [6.45, 7) is 2.52. The summed E-state index contributed by atoms with van der Waals surface area (Å²) in [5.41, 5.74) is 0.459. The maximum absolute atomic E-state index is 12.7. The molecule has 0 aliphatic carbocycles. The molecule has 0 spiro atoms. The molecule has 0 N–H and O–H groups in total. The summed E-state index contributed by atoms with van der Waals surface area (Å²) in [6, 6.07) is 4.83. The number of carbonyl (C=O) groups is 2. The number of amides is 2. The molecule has 10 heteroatoms. The summed E-state index contributed by atoms with van der Waals surface area (Å²) in [7, 11) is 0. The van der Waals surface area contributed by atoms with Crippen LogP contribution in [0.25, 0.3) is 10.6 Å². The van der Waals surface area contributed by atoms with E-state index >= 15 is 0 Å². The molecule has 0 radical (unpaired) electrons. The van der Waals surface area contributed by atoms with E-state index in [1.165, 1.54) is 23.5 Å². The van der Waals surface area contributed by atoms with Gasteiger partial charge in [-0.3, -0.25) is 9.59 Å². The average molecular weight is 453 g/mol. The van der Waals surface area contributed by atoms with Gasteiger partial charge in [0.25, 0.3) is 5.91 Å². The minimum atomic E-state index is -4.38. The van der Waals surface area contributed by atoms with Gasteiger partial charge < -0.3 is 14.5 Å². The van der Waals surface area contributed by atoms with Crippen LogP contribution in [0, 0.1) is 0 Å². The van der Waals surface area contributed by atoms with E-state index in [0.717, 1.165) is 25.0 Å². The molecule has 2 fully saturated rings. The Morgan fingerprint density at radius 2 is 1.77 bits per heavy atom. The number of benzene rings is 1. The molecule has 3 heterocycles. The number of aromatic nitrogens is 1. The summed E-state index contributed by atoms with van der Waals surface area (Å²) in [4.78, 5) is 32.9. The van der Waals surface area contributed by atoms with Crippen LogP contribution in [0.5, 0.6) is 0 Å². The number of rotatable bonds is 4. The number of carbonyl (C=O) groups excluding carboxylic acids is 2. The number of piperazine rings is 1. The molecule has 2 aromatic rings. The van der Waals surface area contributed by atoms with Crippen LogP contribution in [0.3, 0.4) is 0 Å². The van der Waals surface area contributed by atoms with E-state index in [-0.39, 0.29) is 24.3 Å². The summed E-state index contributed by atoms with van der Waals surface area (Å²) < 4.78 is 43.6. The molecule has 2 aliphatic rings. The van der Waals surface area contributed by atoms with E-state index < -0.39 is 11.7 Å². The zero-order valence-electron chi connectivity index (χ0n) is 16.7. The quantitative estimate of drug-likeness (QED) is 0.713. The number of nitrogens with zero attached hydrogens (tertiary/aromatic N) is 3. The first kappa shape index (κ1) is 21.8. The molecule has 1 atom stereocenters. The van der Waals surface area contributed by atoms with Crippen molar-refractivity contribution in [3.05, 3.63) is 40.9 Å². The second-order valence-corrected chi connectivity index (χ2v) is 8.46. The molecule has 1 unspecified atom stereocenters. The van der Waals surface area contributed by atoms with Gasteiger partial charge in [0, 0.05) is 43.7 Å². The molecule has 166 valence electrons. The summed E-state index contributed by atoms with van der Waals surface area (Å²) in [6.07, 6.45) is -2.95. The first-order valence-corrected chi connectivity index (χ1v) is 11.0. The fourth-order valence-electron chi connectivity index (χ4n) is 3.74. The van der Waals surface area contributed by atoms with Crippen molar-refractivity contribution in [3.8, 4) is 10.6 Å². The smallest absolute Gasteiger partial charge is 0.368 e. The third-order valence-corrected chi connectivity index (χ3v) is 6.43. The molecule has 1 aromatic heterocycles. The summed E-state index contributed by atoms with van der Waals surface area (Å²) in [5.74, 6) is -0.0706. The first-order chi connectivity index (χ1) is 14.8. The van der Waals surface area contributed by atoms with Gasteiger partial charge in [-0.15, -0.1) is 11.3 Å². The molecule has 4 rings (SSSR count). The maximum atomic E-state index is 12.7. The zero-order chi connectivity index (χ0) is 22.0. The number of alkyl halides is 3. The van der Waals surface area contributed by atoms with Gasteiger partial charge in [-0.05, 0) is 25.0 Å². The third-order valence-electron chi connectivity index (χ3n) is 5.49. The number of hydrogen-bond acceptors (Lipinski definition) is 5. The number of hydrogen-bond donors (Lipinski definition) is 0. The van der Waals surface area contributed by atoms with Gasteiger partial charge in [-0.2, -0.15) is 13.2 Å². The molecule has 31 heavy (non-hydrogen) atoms. The van der Waals surface area contributed by atoms with Crippen LogP contribution in [0.15, 0.2) is 29.6 Å². The van der Waals surface area contributed by atoms with E-state index in [1.54, 1.807) is 15.2 Å². The Morgan fingerprint density at radius 1 is 1.10 bits per heavy atom. The lowest BCUT2D eigenvalue weighted by Crippen LogP contribution is -2.53. The van der Waals surface area contributed by atoms with Gasteiger partial charge in [0.1, 0.15) is 11.1 Å². The molecule has 1 aromatic carbocycles. The lowest BCUT2D eigenvalue weighted by molar-refractivity contribution is -0.145. The fraction of sp³-hybridized carbons (Fsp3) is 0.476. The highest BCUT2D eigenvalue weighted by molar-refractivity contribution is 7.13. The van der Waals surface area contributed by atoms with Crippen LogP contribution >= 0.6 is 11.3 Å². The average Bonchev–Trinajstić information content (AvgIpc) is 3.45. The van der Waals surface area contributed by atoms with Crippen LogP contribution in [-0.4, -0.2) is 65.5 Å². The normalized spacial score (nSPS) is 19.6. The highest BCUT2D eigenvalue weighted by atomic mass is 32.1. The Kier molecular flexibility index (Phi) is 6.29. The summed E-state index contributed by atoms with van der Waals surface area (Å²) in [5, 5.41) is 2.32. The molecule has 6 nitrogen and oxygen atoms in total. The van der Waals surface area contributed by atoms with Crippen molar-refractivity contribution >= 4 is 23.2 Å². The topological polar surface area (TPSA) is 62.7 Å². The standard InChI is InChI=1S/C21H22F3N3O3S/c22-21(23,24)15-5-3-14(4-6-15)19-25-16(13-31-19)12-18(28)26-7-9-27(10-8-26)20(29)17-2-1-11-30-17/h3-6,13,17H,1-2,7-12H2. The van der Waals surface area contributed by atoms with Crippen LogP contribution in [0.1, 0.15) is 24.1 Å². The van der Waals surface area contributed by atoms with Crippen LogP contribution in [0.4, 0.5) is 13.2 Å². The molecule has 0 bridgehead atoms. The highest BCUT2D eigenvalue weighted by Crippen LogP contribution is 2.31. The second-order valence-electron chi connectivity index (χ2n) is 7.60. The predicted molar refractivity (Wildman–Crippen MR) is 108 cm³/mol. The Morgan fingerprint density at radius 3 is 2.39 bits per heavy atom. The Labute approximate surface area is 181 Å². The van der Waals surface area contributed by atoms with Gasteiger partial charge in [0.05, 0.1) is 17.7 Å². The third kappa shape index (κ3) is 5.07. The van der Waals surface area contributed by atoms with Crippen LogP contribution < -0.4 is 0 Å². The van der Waals surface area contributed by atoms with E-state index in [1.807, 2.05) is 0 Å². The number of thiazole rings is 1. The fourth-order valence-corrected chi connectivity index (χ4v) is 4.57. The van der Waals surface area contributed by atoms with Gasteiger partial charge in [0.15, 0.2) is 0 Å². The maximum Gasteiger partial charge on any atom is 0.416 e. The second kappa shape index (κ2) is 8.96. The van der Waals surface area contributed by atoms with Crippen molar-refractivity contribution in [1.82, 2.24) is 14.8 Å². The van der Waals surface area contributed by atoms with Crippen molar-refractivity contribution in [2.45, 2.75) is 31.5 Å². The Hall–Kier alpha value is -2.46. The van der Waals surface area contributed by atoms with E-state index in [9.17, 15) is 22.8 Å². The van der Waals surface area contributed by atoms with E-state index in [0.29, 0.717) is 49.1 Å². The molecule has 2 saturated heterocycles. The van der Waals surface area contributed by atoms with E-state index in [4.69, 9.17) is 4.74 Å². The van der Waals surface area contributed by atoms with E-state index in [2.05, 4.69) is 4.98 Å². The minimum absolute atomic E-state index is 0.00489. The first-order valence-electron chi connectivity index (χ1n) is 10.1. The predicted octanol–water partition coefficient (Wildman–Crippen LogP) is 3.22. The van der Waals surface area contributed by atoms with Crippen molar-refractivity contribution in [1.29, 1.82) is 0 Å². The van der Waals surface area contributed by atoms with Crippen LogP contribution in [-0.2, 0) is 26.9 Å². The molecule has 0 saturated carbocycles. The SMILES string of the molecule is O=C(Cc1csc(-c2ccc(C(F)(F)F)cc2)n1)N1CCN(C(=O)C2CCCO2)CC1.